The Bertz CT molecular complexity index is 902. The maximum absolute atomic E-state index is 12.8. The van der Waals surface area contributed by atoms with Gasteiger partial charge >= 0.3 is 6.03 Å². The minimum absolute atomic E-state index is 0.0831. The van der Waals surface area contributed by atoms with Crippen LogP contribution < -0.4 is 10.1 Å². The largest absolute Gasteiger partial charge is 0.492 e. The van der Waals surface area contributed by atoms with Gasteiger partial charge in [-0.1, -0.05) is 22.0 Å². The van der Waals surface area contributed by atoms with Gasteiger partial charge in [-0.3, -0.25) is 19.8 Å². The van der Waals surface area contributed by atoms with Crippen LogP contribution in [0.15, 0.2) is 53.0 Å². The predicted octanol–water partition coefficient (Wildman–Crippen LogP) is 3.20. The molecule has 27 heavy (non-hydrogen) atoms. The van der Waals surface area contributed by atoms with Crippen LogP contribution in [0.3, 0.4) is 0 Å². The fourth-order valence-corrected chi connectivity index (χ4v) is 3.20. The zero-order chi connectivity index (χ0) is 19.6. The molecule has 0 bridgehead atoms. The number of carbonyl (C=O) groups is 2. The van der Waals surface area contributed by atoms with E-state index in [0.29, 0.717) is 11.3 Å². The van der Waals surface area contributed by atoms with Crippen LogP contribution in [0.4, 0.5) is 10.5 Å². The molecule has 0 radical (unpaired) electrons. The molecule has 0 saturated carbocycles. The van der Waals surface area contributed by atoms with Crippen molar-refractivity contribution >= 4 is 33.6 Å². The molecular weight excluding hydrogens is 418 g/mol. The molecule has 9 heteroatoms. The zero-order valence-electron chi connectivity index (χ0n) is 14.3. The Kier molecular flexibility index (Phi) is 5.13. The summed E-state index contributed by atoms with van der Waals surface area (Å²) in [6, 6.07) is 12.3. The SMILES string of the molecule is CC1(c2ccc([N+](=O)[O-])cc2)NC(=O)N(CCOc2cccc(Br)c2)C1=O. The third-order valence-electron chi connectivity index (χ3n) is 4.31. The van der Waals surface area contributed by atoms with Crippen molar-refractivity contribution in [2.24, 2.45) is 0 Å². The van der Waals surface area contributed by atoms with Gasteiger partial charge in [-0.25, -0.2) is 4.79 Å². The van der Waals surface area contributed by atoms with Gasteiger partial charge < -0.3 is 10.1 Å². The van der Waals surface area contributed by atoms with Gasteiger partial charge in [0.15, 0.2) is 0 Å². The molecule has 2 aromatic rings. The van der Waals surface area contributed by atoms with Crippen molar-refractivity contribution in [2.45, 2.75) is 12.5 Å². The van der Waals surface area contributed by atoms with Gasteiger partial charge in [-0.05, 0) is 42.8 Å². The number of nitro benzene ring substituents is 1. The van der Waals surface area contributed by atoms with Crippen LogP contribution in [-0.2, 0) is 10.3 Å². The third-order valence-corrected chi connectivity index (χ3v) is 4.80. The number of rotatable bonds is 6. The van der Waals surface area contributed by atoms with E-state index < -0.39 is 22.4 Å². The van der Waals surface area contributed by atoms with Gasteiger partial charge in [0.2, 0.25) is 0 Å². The summed E-state index contributed by atoms with van der Waals surface area (Å²) >= 11 is 3.34. The van der Waals surface area contributed by atoms with Crippen LogP contribution in [-0.4, -0.2) is 34.9 Å². The minimum Gasteiger partial charge on any atom is -0.492 e. The maximum Gasteiger partial charge on any atom is 0.325 e. The first kappa shape index (κ1) is 18.8. The van der Waals surface area contributed by atoms with E-state index in [1.807, 2.05) is 12.1 Å². The molecule has 1 aliphatic heterocycles. The Hall–Kier alpha value is -2.94. The minimum atomic E-state index is -1.28. The van der Waals surface area contributed by atoms with E-state index in [1.165, 1.54) is 24.3 Å². The summed E-state index contributed by atoms with van der Waals surface area (Å²) in [6.07, 6.45) is 0. The molecule has 1 saturated heterocycles. The van der Waals surface area contributed by atoms with Crippen molar-refractivity contribution in [3.8, 4) is 5.75 Å². The van der Waals surface area contributed by atoms with E-state index in [0.717, 1.165) is 9.37 Å². The van der Waals surface area contributed by atoms with Gasteiger partial charge in [0, 0.05) is 16.6 Å². The lowest BCUT2D eigenvalue weighted by Crippen LogP contribution is -2.41. The summed E-state index contributed by atoms with van der Waals surface area (Å²) in [4.78, 5) is 36.4. The van der Waals surface area contributed by atoms with Gasteiger partial charge in [0.1, 0.15) is 17.9 Å². The van der Waals surface area contributed by atoms with Gasteiger partial charge in [0.05, 0.1) is 11.5 Å². The zero-order valence-corrected chi connectivity index (χ0v) is 15.9. The second-order valence-corrected chi connectivity index (χ2v) is 7.04. The molecule has 1 aliphatic rings. The van der Waals surface area contributed by atoms with Crippen molar-refractivity contribution in [1.82, 2.24) is 10.2 Å². The Morgan fingerprint density at radius 1 is 1.22 bits per heavy atom. The Labute approximate surface area is 163 Å². The molecule has 1 heterocycles. The number of halogens is 1. The Morgan fingerprint density at radius 2 is 1.93 bits per heavy atom. The van der Waals surface area contributed by atoms with Crippen molar-refractivity contribution in [3.05, 3.63) is 68.7 Å². The van der Waals surface area contributed by atoms with Crippen molar-refractivity contribution < 1.29 is 19.2 Å². The number of amides is 3. The highest BCUT2D eigenvalue weighted by Gasteiger charge is 2.48. The Balaban J connectivity index is 1.69. The normalized spacial score (nSPS) is 19.1. The molecule has 140 valence electrons. The van der Waals surface area contributed by atoms with Crippen molar-refractivity contribution in [2.75, 3.05) is 13.2 Å². The summed E-state index contributed by atoms with van der Waals surface area (Å²) in [6.45, 7) is 1.80. The summed E-state index contributed by atoms with van der Waals surface area (Å²) in [7, 11) is 0. The molecule has 1 N–H and O–H groups in total. The first-order valence-corrected chi connectivity index (χ1v) is 8.88. The lowest BCUT2D eigenvalue weighted by molar-refractivity contribution is -0.384. The van der Waals surface area contributed by atoms with E-state index in [1.54, 1.807) is 19.1 Å². The monoisotopic (exact) mass is 433 g/mol. The molecule has 1 unspecified atom stereocenters. The number of hydrogen-bond acceptors (Lipinski definition) is 5. The number of imide groups is 1. The van der Waals surface area contributed by atoms with Gasteiger partial charge in [0.25, 0.3) is 11.6 Å². The van der Waals surface area contributed by atoms with Crippen molar-refractivity contribution in [3.63, 3.8) is 0 Å². The highest BCUT2D eigenvalue weighted by molar-refractivity contribution is 9.10. The van der Waals surface area contributed by atoms with Crippen LogP contribution in [0.25, 0.3) is 0 Å². The average Bonchev–Trinajstić information content (AvgIpc) is 2.86. The van der Waals surface area contributed by atoms with Crippen LogP contribution in [0, 0.1) is 10.1 Å². The summed E-state index contributed by atoms with van der Waals surface area (Å²) in [5.41, 5.74) is -0.887. The van der Waals surface area contributed by atoms with Gasteiger partial charge in [-0.15, -0.1) is 0 Å². The van der Waals surface area contributed by atoms with Crippen LogP contribution >= 0.6 is 15.9 Å². The molecular formula is C18H16BrN3O5. The van der Waals surface area contributed by atoms with Crippen LogP contribution in [0.2, 0.25) is 0 Å². The molecule has 0 spiro atoms. The molecule has 8 nitrogen and oxygen atoms in total. The average molecular weight is 434 g/mol. The number of nitro groups is 1. The van der Waals surface area contributed by atoms with Crippen LogP contribution in [0.1, 0.15) is 12.5 Å². The summed E-state index contributed by atoms with van der Waals surface area (Å²) in [5, 5.41) is 13.4. The lowest BCUT2D eigenvalue weighted by atomic mass is 9.92. The van der Waals surface area contributed by atoms with E-state index in [2.05, 4.69) is 21.2 Å². The number of ether oxygens (including phenoxy) is 1. The number of nitrogens with one attached hydrogen (secondary N) is 1. The van der Waals surface area contributed by atoms with E-state index >= 15 is 0 Å². The first-order chi connectivity index (χ1) is 12.8. The highest BCUT2D eigenvalue weighted by atomic mass is 79.9. The quantitative estimate of drug-likeness (QED) is 0.428. The molecule has 3 amide bonds. The highest BCUT2D eigenvalue weighted by Crippen LogP contribution is 2.30. The van der Waals surface area contributed by atoms with E-state index in [-0.39, 0.29) is 18.8 Å². The second kappa shape index (κ2) is 7.36. The molecule has 0 aromatic heterocycles. The molecule has 1 fully saturated rings. The molecule has 0 aliphatic carbocycles. The predicted molar refractivity (Wildman–Crippen MR) is 100 cm³/mol. The number of carbonyl (C=O) groups excluding carboxylic acids is 2. The number of urea groups is 1. The standard InChI is InChI=1S/C18H16BrN3O5/c1-18(12-5-7-14(8-6-12)22(25)26)16(23)21(17(24)20-18)9-10-27-15-4-2-3-13(19)11-15/h2-8,11H,9-10H2,1H3,(H,20,24). The topological polar surface area (TPSA) is 102 Å². The fraction of sp³-hybridized carbons (Fsp3) is 0.222. The molecule has 1 atom stereocenters. The summed E-state index contributed by atoms with van der Waals surface area (Å²) in [5.74, 6) is 0.189. The van der Waals surface area contributed by atoms with Crippen LogP contribution in [0.5, 0.6) is 5.75 Å². The van der Waals surface area contributed by atoms with E-state index in [9.17, 15) is 19.7 Å². The number of nitrogens with zero attached hydrogens (tertiary/aromatic N) is 2. The maximum atomic E-state index is 12.8. The Morgan fingerprint density at radius 3 is 2.56 bits per heavy atom. The number of hydrogen-bond donors (Lipinski definition) is 1. The second-order valence-electron chi connectivity index (χ2n) is 6.12. The smallest absolute Gasteiger partial charge is 0.325 e. The molecule has 2 aromatic carbocycles. The van der Waals surface area contributed by atoms with Crippen molar-refractivity contribution in [1.29, 1.82) is 0 Å². The number of non-ortho nitro benzene ring substituents is 1. The molecule has 3 rings (SSSR count). The first-order valence-electron chi connectivity index (χ1n) is 8.08. The van der Waals surface area contributed by atoms with Gasteiger partial charge in [-0.2, -0.15) is 0 Å². The lowest BCUT2D eigenvalue weighted by Gasteiger charge is -2.22. The van der Waals surface area contributed by atoms with E-state index in [4.69, 9.17) is 4.74 Å². The fourth-order valence-electron chi connectivity index (χ4n) is 2.82. The number of benzene rings is 2. The third kappa shape index (κ3) is 3.77. The summed E-state index contributed by atoms with van der Waals surface area (Å²) < 4.78 is 6.44.